The number of hydrogen-bond acceptors (Lipinski definition) is 3. The Kier molecular flexibility index (Phi) is 2.67. The molecule has 0 unspecified atom stereocenters. The number of benzene rings is 1. The van der Waals surface area contributed by atoms with E-state index in [-0.39, 0.29) is 17.3 Å². The van der Waals surface area contributed by atoms with Crippen molar-refractivity contribution in [3.05, 3.63) is 29.5 Å². The monoisotopic (exact) mass is 232 g/mol. The fraction of sp³-hybridized carbons (Fsp3) is 0.250. The predicted octanol–water partition coefficient (Wildman–Crippen LogP) is 2.13. The minimum Gasteiger partial charge on any atom is -0.478 e. The number of carbonyl (C=O) groups is 2. The number of fused-ring (bicyclic) bond motifs is 1. The number of aromatic carboxylic acids is 1. The SMILES string of the molecule is CC(C)n1nc(C=O)c2c(C(=O)O)cccc21. The van der Waals surface area contributed by atoms with Gasteiger partial charge in [0.25, 0.3) is 0 Å². The number of carbonyl (C=O) groups excluding carboxylic acids is 1. The van der Waals surface area contributed by atoms with E-state index in [0.29, 0.717) is 17.2 Å². The summed E-state index contributed by atoms with van der Waals surface area (Å²) >= 11 is 0. The number of carboxylic acids is 1. The molecule has 1 heterocycles. The van der Waals surface area contributed by atoms with Gasteiger partial charge in [0.15, 0.2) is 6.29 Å². The zero-order chi connectivity index (χ0) is 12.6. The van der Waals surface area contributed by atoms with Crippen LogP contribution in [0.25, 0.3) is 10.9 Å². The Labute approximate surface area is 97.7 Å². The molecule has 1 aromatic heterocycles. The quantitative estimate of drug-likeness (QED) is 0.823. The molecule has 0 amide bonds. The van der Waals surface area contributed by atoms with Gasteiger partial charge >= 0.3 is 5.97 Å². The van der Waals surface area contributed by atoms with E-state index in [9.17, 15) is 9.59 Å². The molecular weight excluding hydrogens is 220 g/mol. The van der Waals surface area contributed by atoms with Crippen molar-refractivity contribution in [2.24, 2.45) is 0 Å². The molecule has 0 saturated carbocycles. The lowest BCUT2D eigenvalue weighted by Gasteiger charge is -2.06. The van der Waals surface area contributed by atoms with E-state index >= 15 is 0 Å². The van der Waals surface area contributed by atoms with Crippen LogP contribution in [-0.2, 0) is 0 Å². The third kappa shape index (κ3) is 1.69. The molecule has 0 fully saturated rings. The van der Waals surface area contributed by atoms with Crippen LogP contribution >= 0.6 is 0 Å². The van der Waals surface area contributed by atoms with Crippen LogP contribution in [0.4, 0.5) is 0 Å². The number of aldehydes is 1. The van der Waals surface area contributed by atoms with E-state index in [1.165, 1.54) is 6.07 Å². The molecule has 0 aliphatic heterocycles. The first kappa shape index (κ1) is 11.3. The van der Waals surface area contributed by atoms with Gasteiger partial charge in [0, 0.05) is 11.4 Å². The van der Waals surface area contributed by atoms with E-state index < -0.39 is 5.97 Å². The summed E-state index contributed by atoms with van der Waals surface area (Å²) in [5.74, 6) is -1.05. The Morgan fingerprint density at radius 3 is 2.71 bits per heavy atom. The lowest BCUT2D eigenvalue weighted by atomic mass is 10.1. The van der Waals surface area contributed by atoms with Crippen molar-refractivity contribution >= 4 is 23.2 Å². The Morgan fingerprint density at radius 2 is 2.18 bits per heavy atom. The fourth-order valence-corrected chi connectivity index (χ4v) is 1.87. The molecule has 0 atom stereocenters. The van der Waals surface area contributed by atoms with Crippen LogP contribution in [0.2, 0.25) is 0 Å². The van der Waals surface area contributed by atoms with Gasteiger partial charge in [0.2, 0.25) is 0 Å². The topological polar surface area (TPSA) is 72.2 Å². The molecule has 0 spiro atoms. The van der Waals surface area contributed by atoms with Gasteiger partial charge in [-0.05, 0) is 26.0 Å². The summed E-state index contributed by atoms with van der Waals surface area (Å²) in [5.41, 5.74) is 0.949. The number of carboxylic acid groups (broad SMARTS) is 1. The van der Waals surface area contributed by atoms with Crippen LogP contribution in [0.5, 0.6) is 0 Å². The Hall–Kier alpha value is -2.17. The maximum absolute atomic E-state index is 11.1. The molecule has 0 saturated heterocycles. The van der Waals surface area contributed by atoms with Gasteiger partial charge in [0.1, 0.15) is 5.69 Å². The highest BCUT2D eigenvalue weighted by Gasteiger charge is 2.18. The van der Waals surface area contributed by atoms with Crippen LogP contribution in [0.3, 0.4) is 0 Å². The van der Waals surface area contributed by atoms with Gasteiger partial charge in [-0.15, -0.1) is 0 Å². The summed E-state index contributed by atoms with van der Waals surface area (Å²) in [6.07, 6.45) is 0.591. The Morgan fingerprint density at radius 1 is 1.47 bits per heavy atom. The average molecular weight is 232 g/mol. The molecule has 2 aromatic rings. The molecular formula is C12H12N2O3. The highest BCUT2D eigenvalue weighted by atomic mass is 16.4. The first-order valence-corrected chi connectivity index (χ1v) is 5.26. The van der Waals surface area contributed by atoms with Gasteiger partial charge in [0.05, 0.1) is 11.1 Å². The summed E-state index contributed by atoms with van der Waals surface area (Å²) in [6, 6.07) is 4.96. The highest BCUT2D eigenvalue weighted by Crippen LogP contribution is 2.24. The van der Waals surface area contributed by atoms with Gasteiger partial charge in [-0.25, -0.2) is 4.79 Å². The van der Waals surface area contributed by atoms with Crippen molar-refractivity contribution < 1.29 is 14.7 Å². The van der Waals surface area contributed by atoms with Gasteiger partial charge in [-0.3, -0.25) is 9.48 Å². The number of aromatic nitrogens is 2. The van der Waals surface area contributed by atoms with E-state index in [0.717, 1.165) is 0 Å². The second-order valence-corrected chi connectivity index (χ2v) is 4.05. The molecule has 17 heavy (non-hydrogen) atoms. The van der Waals surface area contributed by atoms with E-state index in [1.807, 2.05) is 13.8 Å². The highest BCUT2D eigenvalue weighted by molar-refractivity contribution is 6.08. The zero-order valence-electron chi connectivity index (χ0n) is 9.54. The van der Waals surface area contributed by atoms with Crippen LogP contribution in [0, 0.1) is 0 Å². The Balaban J connectivity index is 2.89. The maximum Gasteiger partial charge on any atom is 0.336 e. The standard InChI is InChI=1S/C12H12N2O3/c1-7(2)14-10-5-3-4-8(12(16)17)11(10)9(6-15)13-14/h3-7H,1-2H3,(H,16,17). The Bertz CT molecular complexity index is 599. The second kappa shape index (κ2) is 4.01. The molecule has 0 aliphatic rings. The summed E-state index contributed by atoms with van der Waals surface area (Å²) in [5, 5.41) is 13.6. The van der Waals surface area contributed by atoms with E-state index in [4.69, 9.17) is 5.11 Å². The molecule has 88 valence electrons. The second-order valence-electron chi connectivity index (χ2n) is 4.05. The summed E-state index contributed by atoms with van der Waals surface area (Å²) < 4.78 is 1.66. The number of nitrogens with zero attached hydrogens (tertiary/aromatic N) is 2. The van der Waals surface area contributed by atoms with Crippen LogP contribution in [0.1, 0.15) is 40.7 Å². The third-order valence-corrected chi connectivity index (χ3v) is 2.59. The lowest BCUT2D eigenvalue weighted by Crippen LogP contribution is -2.03. The van der Waals surface area contributed by atoms with Crippen LogP contribution < -0.4 is 0 Å². The maximum atomic E-state index is 11.1. The van der Waals surface area contributed by atoms with E-state index in [2.05, 4.69) is 5.10 Å². The average Bonchev–Trinajstić information content (AvgIpc) is 2.67. The molecule has 1 N–H and O–H groups in total. The van der Waals surface area contributed by atoms with Crippen molar-refractivity contribution in [3.63, 3.8) is 0 Å². The molecule has 5 heteroatoms. The van der Waals surface area contributed by atoms with Crippen molar-refractivity contribution in [1.29, 1.82) is 0 Å². The molecule has 5 nitrogen and oxygen atoms in total. The predicted molar refractivity (Wildman–Crippen MR) is 62.5 cm³/mol. The van der Waals surface area contributed by atoms with Crippen LogP contribution in [-0.4, -0.2) is 27.1 Å². The van der Waals surface area contributed by atoms with Crippen molar-refractivity contribution in [3.8, 4) is 0 Å². The first-order chi connectivity index (χ1) is 8.06. The minimum absolute atomic E-state index is 0.0650. The molecule has 0 aliphatic carbocycles. The zero-order valence-corrected chi connectivity index (χ0v) is 9.54. The third-order valence-electron chi connectivity index (χ3n) is 2.59. The fourth-order valence-electron chi connectivity index (χ4n) is 1.87. The first-order valence-electron chi connectivity index (χ1n) is 5.26. The number of rotatable bonds is 3. The summed E-state index contributed by atoms with van der Waals surface area (Å²) in [7, 11) is 0. The molecule has 1 aromatic carbocycles. The van der Waals surface area contributed by atoms with Crippen molar-refractivity contribution in [1.82, 2.24) is 9.78 Å². The number of hydrogen-bond donors (Lipinski definition) is 1. The largest absolute Gasteiger partial charge is 0.478 e. The van der Waals surface area contributed by atoms with Crippen molar-refractivity contribution in [2.45, 2.75) is 19.9 Å². The molecule has 0 bridgehead atoms. The van der Waals surface area contributed by atoms with Gasteiger partial charge < -0.3 is 5.11 Å². The van der Waals surface area contributed by atoms with Crippen molar-refractivity contribution in [2.75, 3.05) is 0 Å². The normalized spacial score (nSPS) is 11.0. The van der Waals surface area contributed by atoms with Gasteiger partial charge in [-0.1, -0.05) is 6.07 Å². The molecule has 2 rings (SSSR count). The summed E-state index contributed by atoms with van der Waals surface area (Å²) in [6.45, 7) is 3.85. The van der Waals surface area contributed by atoms with Gasteiger partial charge in [-0.2, -0.15) is 5.10 Å². The smallest absolute Gasteiger partial charge is 0.336 e. The lowest BCUT2D eigenvalue weighted by molar-refractivity contribution is 0.0699. The minimum atomic E-state index is -1.05. The summed E-state index contributed by atoms with van der Waals surface area (Å²) in [4.78, 5) is 22.1. The molecule has 0 radical (unpaired) electrons. The van der Waals surface area contributed by atoms with Crippen LogP contribution in [0.15, 0.2) is 18.2 Å². The van der Waals surface area contributed by atoms with E-state index in [1.54, 1.807) is 16.8 Å².